The fraction of sp³-hybridized carbons (Fsp3) is 0.0714. The SMILES string of the molecule is O=Cc1cc(OCc2ccccc2)ccc1B(O)O. The van der Waals surface area contributed by atoms with Crippen LogP contribution in [0.5, 0.6) is 5.75 Å². The molecule has 4 nitrogen and oxygen atoms in total. The molecule has 0 aromatic heterocycles. The molecule has 0 amide bonds. The molecule has 2 N–H and O–H groups in total. The molecular weight excluding hydrogens is 243 g/mol. The Balaban J connectivity index is 2.11. The first-order valence-electron chi connectivity index (χ1n) is 5.82. The van der Waals surface area contributed by atoms with Crippen molar-refractivity contribution in [3.63, 3.8) is 0 Å². The number of benzene rings is 2. The third kappa shape index (κ3) is 3.43. The van der Waals surface area contributed by atoms with Crippen molar-refractivity contribution in [3.05, 3.63) is 59.7 Å². The summed E-state index contributed by atoms with van der Waals surface area (Å²) in [6, 6.07) is 14.2. The smallest absolute Gasteiger partial charge is 0.489 e. The van der Waals surface area contributed by atoms with Gasteiger partial charge in [0.15, 0.2) is 0 Å². The van der Waals surface area contributed by atoms with Gasteiger partial charge in [0.25, 0.3) is 0 Å². The van der Waals surface area contributed by atoms with Crippen molar-refractivity contribution >= 4 is 18.9 Å². The highest BCUT2D eigenvalue weighted by Gasteiger charge is 2.16. The molecule has 5 heteroatoms. The molecular formula is C14H13BO4. The van der Waals surface area contributed by atoms with E-state index in [2.05, 4.69) is 0 Å². The number of carbonyl (C=O) groups is 1. The summed E-state index contributed by atoms with van der Waals surface area (Å²) in [5.41, 5.74) is 1.39. The van der Waals surface area contributed by atoms with Crippen LogP contribution in [0.25, 0.3) is 0 Å². The molecule has 0 unspecified atom stereocenters. The fourth-order valence-corrected chi connectivity index (χ4v) is 1.72. The van der Waals surface area contributed by atoms with Crippen LogP contribution in [0.1, 0.15) is 15.9 Å². The Morgan fingerprint density at radius 2 is 1.84 bits per heavy atom. The quantitative estimate of drug-likeness (QED) is 0.612. The second-order valence-corrected chi connectivity index (χ2v) is 4.06. The topological polar surface area (TPSA) is 66.8 Å². The van der Waals surface area contributed by atoms with Crippen molar-refractivity contribution in [2.45, 2.75) is 6.61 Å². The lowest BCUT2D eigenvalue weighted by Gasteiger charge is -2.09. The molecule has 0 atom stereocenters. The number of aldehydes is 1. The molecule has 96 valence electrons. The molecule has 2 aromatic rings. The summed E-state index contributed by atoms with van der Waals surface area (Å²) >= 11 is 0. The first-order valence-corrected chi connectivity index (χ1v) is 5.82. The van der Waals surface area contributed by atoms with Gasteiger partial charge in [-0.15, -0.1) is 0 Å². The number of carbonyl (C=O) groups excluding carboxylic acids is 1. The highest BCUT2D eigenvalue weighted by atomic mass is 16.5. The van der Waals surface area contributed by atoms with Gasteiger partial charge in [0.1, 0.15) is 18.6 Å². The minimum atomic E-state index is -1.66. The second-order valence-electron chi connectivity index (χ2n) is 4.06. The van der Waals surface area contributed by atoms with Crippen LogP contribution in [-0.4, -0.2) is 23.5 Å². The predicted molar refractivity (Wildman–Crippen MR) is 72.4 cm³/mol. The van der Waals surface area contributed by atoms with Gasteiger partial charge < -0.3 is 14.8 Å². The van der Waals surface area contributed by atoms with E-state index in [9.17, 15) is 4.79 Å². The van der Waals surface area contributed by atoms with E-state index < -0.39 is 7.12 Å². The van der Waals surface area contributed by atoms with E-state index in [1.807, 2.05) is 30.3 Å². The van der Waals surface area contributed by atoms with Crippen molar-refractivity contribution in [1.29, 1.82) is 0 Å². The zero-order chi connectivity index (χ0) is 13.7. The molecule has 0 saturated heterocycles. The predicted octanol–water partition coefficient (Wildman–Crippen LogP) is 0.758. The van der Waals surface area contributed by atoms with Gasteiger partial charge in [0.2, 0.25) is 0 Å². The van der Waals surface area contributed by atoms with Crippen molar-refractivity contribution in [2.24, 2.45) is 0 Å². The standard InChI is InChI=1S/C14H13BO4/c16-9-12-8-13(6-7-14(12)15(17)18)19-10-11-4-2-1-3-5-11/h1-9,17-18H,10H2. The number of ether oxygens (including phenoxy) is 1. The first-order chi connectivity index (χ1) is 9.20. The second kappa shape index (κ2) is 6.18. The average molecular weight is 256 g/mol. The summed E-state index contributed by atoms with van der Waals surface area (Å²) in [5, 5.41) is 18.2. The third-order valence-corrected chi connectivity index (χ3v) is 2.71. The monoisotopic (exact) mass is 256 g/mol. The van der Waals surface area contributed by atoms with Crippen LogP contribution in [0.2, 0.25) is 0 Å². The minimum absolute atomic E-state index is 0.169. The Hall–Kier alpha value is -2.11. The summed E-state index contributed by atoms with van der Waals surface area (Å²) < 4.78 is 5.55. The van der Waals surface area contributed by atoms with E-state index >= 15 is 0 Å². The van der Waals surface area contributed by atoms with Crippen LogP contribution in [0.4, 0.5) is 0 Å². The molecule has 0 aliphatic carbocycles. The van der Waals surface area contributed by atoms with Crippen LogP contribution in [0.3, 0.4) is 0 Å². The maximum atomic E-state index is 10.9. The van der Waals surface area contributed by atoms with Crippen molar-refractivity contribution < 1.29 is 19.6 Å². The largest absolute Gasteiger partial charge is 0.489 e. The summed E-state index contributed by atoms with van der Waals surface area (Å²) in [7, 11) is -1.66. The maximum absolute atomic E-state index is 10.9. The average Bonchev–Trinajstić information content (AvgIpc) is 2.45. The molecule has 0 radical (unpaired) electrons. The summed E-state index contributed by atoms with van der Waals surface area (Å²) in [6.07, 6.45) is 0.574. The summed E-state index contributed by atoms with van der Waals surface area (Å²) in [4.78, 5) is 10.9. The van der Waals surface area contributed by atoms with E-state index in [0.29, 0.717) is 18.6 Å². The fourth-order valence-electron chi connectivity index (χ4n) is 1.72. The highest BCUT2D eigenvalue weighted by Crippen LogP contribution is 2.13. The third-order valence-electron chi connectivity index (χ3n) is 2.71. The molecule has 0 spiro atoms. The lowest BCUT2D eigenvalue weighted by atomic mass is 9.77. The number of rotatable bonds is 5. The zero-order valence-corrected chi connectivity index (χ0v) is 10.2. The Labute approximate surface area is 111 Å². The lowest BCUT2D eigenvalue weighted by molar-refractivity contribution is 0.112. The van der Waals surface area contributed by atoms with Gasteiger partial charge in [-0.3, -0.25) is 4.79 Å². The van der Waals surface area contributed by atoms with Crippen LogP contribution >= 0.6 is 0 Å². The molecule has 0 bridgehead atoms. The van der Waals surface area contributed by atoms with Gasteiger partial charge in [-0.1, -0.05) is 36.4 Å². The Bertz CT molecular complexity index is 555. The van der Waals surface area contributed by atoms with E-state index in [1.165, 1.54) is 12.1 Å². The van der Waals surface area contributed by atoms with Gasteiger partial charge in [0.05, 0.1) is 0 Å². The molecule has 0 aliphatic heterocycles. The van der Waals surface area contributed by atoms with Gasteiger partial charge in [-0.2, -0.15) is 0 Å². The first kappa shape index (κ1) is 13.3. The molecule has 0 aliphatic rings. The normalized spacial score (nSPS) is 10.0. The molecule has 2 aromatic carbocycles. The highest BCUT2D eigenvalue weighted by molar-refractivity contribution is 6.60. The van der Waals surface area contributed by atoms with Crippen molar-refractivity contribution in [1.82, 2.24) is 0 Å². The number of hydrogen-bond donors (Lipinski definition) is 2. The number of hydrogen-bond acceptors (Lipinski definition) is 4. The van der Waals surface area contributed by atoms with E-state index in [-0.39, 0.29) is 11.0 Å². The maximum Gasteiger partial charge on any atom is 0.489 e. The lowest BCUT2D eigenvalue weighted by Crippen LogP contribution is -2.32. The Morgan fingerprint density at radius 3 is 2.47 bits per heavy atom. The summed E-state index contributed by atoms with van der Waals surface area (Å²) in [5.74, 6) is 0.510. The Morgan fingerprint density at radius 1 is 1.11 bits per heavy atom. The van der Waals surface area contributed by atoms with Gasteiger partial charge >= 0.3 is 7.12 Å². The van der Waals surface area contributed by atoms with Crippen LogP contribution in [-0.2, 0) is 6.61 Å². The van der Waals surface area contributed by atoms with Crippen LogP contribution in [0.15, 0.2) is 48.5 Å². The zero-order valence-electron chi connectivity index (χ0n) is 10.2. The summed E-state index contributed by atoms with van der Waals surface area (Å²) in [6.45, 7) is 0.389. The van der Waals surface area contributed by atoms with Crippen LogP contribution in [0, 0.1) is 0 Å². The van der Waals surface area contributed by atoms with E-state index in [4.69, 9.17) is 14.8 Å². The molecule has 0 heterocycles. The molecule has 0 fully saturated rings. The van der Waals surface area contributed by atoms with Gasteiger partial charge in [0, 0.05) is 5.56 Å². The van der Waals surface area contributed by atoms with Crippen molar-refractivity contribution in [3.8, 4) is 5.75 Å². The van der Waals surface area contributed by atoms with Crippen LogP contribution < -0.4 is 10.2 Å². The minimum Gasteiger partial charge on any atom is -0.489 e. The van der Waals surface area contributed by atoms with E-state index in [0.717, 1.165) is 5.56 Å². The van der Waals surface area contributed by atoms with Gasteiger partial charge in [-0.25, -0.2) is 0 Å². The molecule has 2 rings (SSSR count). The molecule has 19 heavy (non-hydrogen) atoms. The Kier molecular flexibility index (Phi) is 4.33. The van der Waals surface area contributed by atoms with Crippen molar-refractivity contribution in [2.75, 3.05) is 0 Å². The molecule has 0 saturated carbocycles. The van der Waals surface area contributed by atoms with Gasteiger partial charge in [-0.05, 0) is 23.2 Å². The van der Waals surface area contributed by atoms with E-state index in [1.54, 1.807) is 6.07 Å².